The molecule has 0 saturated carbocycles. The number of carbonyl (C=O) groups is 2. The second kappa shape index (κ2) is 7.32. The number of carbonyl (C=O) groups excluding carboxylic acids is 2. The number of hydrogen-bond donors (Lipinski definition) is 2. The molecule has 2 saturated heterocycles. The van der Waals surface area contributed by atoms with Gasteiger partial charge in [-0.3, -0.25) is 9.59 Å². The standard InChI is InChI=1S/C17H22ClN3O2/c18-14-3-5-15(6-4-14)21-11-13(8-16(21)22)17(23)20-10-12-2-1-7-19-9-12/h3-6,12-13,19H,1-2,7-11H2,(H,20,23). The lowest BCUT2D eigenvalue weighted by Gasteiger charge is -2.23. The summed E-state index contributed by atoms with van der Waals surface area (Å²) in [7, 11) is 0. The van der Waals surface area contributed by atoms with Crippen molar-refractivity contribution >= 4 is 29.1 Å². The Morgan fingerprint density at radius 3 is 2.83 bits per heavy atom. The fourth-order valence-corrected chi connectivity index (χ4v) is 3.37. The van der Waals surface area contributed by atoms with Gasteiger partial charge in [0.2, 0.25) is 11.8 Å². The fourth-order valence-electron chi connectivity index (χ4n) is 3.24. The van der Waals surface area contributed by atoms with E-state index in [9.17, 15) is 9.59 Å². The maximum absolute atomic E-state index is 12.3. The third-order valence-corrected chi connectivity index (χ3v) is 4.85. The lowest BCUT2D eigenvalue weighted by Crippen LogP contribution is -2.40. The van der Waals surface area contributed by atoms with E-state index in [1.807, 2.05) is 12.1 Å². The van der Waals surface area contributed by atoms with Crippen molar-refractivity contribution in [2.24, 2.45) is 11.8 Å². The molecule has 2 aliphatic heterocycles. The number of piperidine rings is 1. The van der Waals surface area contributed by atoms with Crippen LogP contribution < -0.4 is 15.5 Å². The molecular weight excluding hydrogens is 314 g/mol. The topological polar surface area (TPSA) is 61.4 Å². The van der Waals surface area contributed by atoms with E-state index in [2.05, 4.69) is 10.6 Å². The molecule has 2 unspecified atom stereocenters. The van der Waals surface area contributed by atoms with E-state index in [4.69, 9.17) is 11.6 Å². The van der Waals surface area contributed by atoms with Crippen LogP contribution in [0.5, 0.6) is 0 Å². The number of rotatable bonds is 4. The molecule has 0 aromatic heterocycles. The quantitative estimate of drug-likeness (QED) is 0.882. The van der Waals surface area contributed by atoms with E-state index in [0.29, 0.717) is 24.0 Å². The van der Waals surface area contributed by atoms with Crippen molar-refractivity contribution < 1.29 is 9.59 Å². The van der Waals surface area contributed by atoms with E-state index in [1.54, 1.807) is 17.0 Å². The number of anilines is 1. The number of amides is 2. The molecule has 2 amide bonds. The Bertz CT molecular complexity index is 570. The van der Waals surface area contributed by atoms with Gasteiger partial charge in [-0.15, -0.1) is 0 Å². The van der Waals surface area contributed by atoms with E-state index < -0.39 is 0 Å². The lowest BCUT2D eigenvalue weighted by molar-refractivity contribution is -0.126. The van der Waals surface area contributed by atoms with Crippen molar-refractivity contribution in [3.05, 3.63) is 29.3 Å². The molecule has 1 aromatic rings. The first-order valence-electron chi connectivity index (χ1n) is 8.18. The van der Waals surface area contributed by atoms with Crippen molar-refractivity contribution in [3.8, 4) is 0 Å². The molecular formula is C17H22ClN3O2. The monoisotopic (exact) mass is 335 g/mol. The summed E-state index contributed by atoms with van der Waals surface area (Å²) in [6.07, 6.45) is 2.58. The van der Waals surface area contributed by atoms with Gasteiger partial charge in [0.25, 0.3) is 0 Å². The van der Waals surface area contributed by atoms with Crippen LogP contribution in [0.25, 0.3) is 0 Å². The molecule has 0 aliphatic carbocycles. The lowest BCUT2D eigenvalue weighted by atomic mass is 9.99. The van der Waals surface area contributed by atoms with Crippen molar-refractivity contribution in [2.45, 2.75) is 19.3 Å². The summed E-state index contributed by atoms with van der Waals surface area (Å²) in [5, 5.41) is 7.00. The van der Waals surface area contributed by atoms with Crippen LogP contribution in [-0.4, -0.2) is 38.0 Å². The van der Waals surface area contributed by atoms with Crippen molar-refractivity contribution in [1.29, 1.82) is 0 Å². The molecule has 0 spiro atoms. The minimum atomic E-state index is -0.269. The summed E-state index contributed by atoms with van der Waals surface area (Å²) in [5.74, 6) is 0.207. The number of halogens is 1. The molecule has 2 N–H and O–H groups in total. The Labute approximate surface area is 141 Å². The molecule has 0 radical (unpaired) electrons. The predicted octanol–water partition coefficient (Wildman–Crippen LogP) is 1.81. The molecule has 2 atom stereocenters. The minimum absolute atomic E-state index is 0.00759. The predicted molar refractivity (Wildman–Crippen MR) is 90.5 cm³/mol. The Morgan fingerprint density at radius 2 is 2.13 bits per heavy atom. The van der Waals surface area contributed by atoms with Crippen molar-refractivity contribution in [1.82, 2.24) is 10.6 Å². The Kier molecular flexibility index (Phi) is 5.18. The Morgan fingerprint density at radius 1 is 1.35 bits per heavy atom. The first kappa shape index (κ1) is 16.3. The largest absolute Gasteiger partial charge is 0.355 e. The first-order chi connectivity index (χ1) is 11.1. The summed E-state index contributed by atoms with van der Waals surface area (Å²) in [6, 6.07) is 7.14. The van der Waals surface area contributed by atoms with Crippen LogP contribution in [0.15, 0.2) is 24.3 Å². The Balaban J connectivity index is 1.54. The molecule has 1 aromatic carbocycles. The highest BCUT2D eigenvalue weighted by molar-refractivity contribution is 6.30. The molecule has 23 heavy (non-hydrogen) atoms. The second-order valence-electron chi connectivity index (χ2n) is 6.34. The zero-order chi connectivity index (χ0) is 16.2. The minimum Gasteiger partial charge on any atom is -0.355 e. The smallest absolute Gasteiger partial charge is 0.227 e. The van der Waals surface area contributed by atoms with Crippen LogP contribution in [0.1, 0.15) is 19.3 Å². The molecule has 2 fully saturated rings. The summed E-state index contributed by atoms with van der Waals surface area (Å²) in [4.78, 5) is 26.2. The van der Waals surface area contributed by atoms with Crippen LogP contribution >= 0.6 is 11.6 Å². The number of nitrogens with one attached hydrogen (secondary N) is 2. The van der Waals surface area contributed by atoms with Gasteiger partial charge in [0, 0.05) is 30.2 Å². The summed E-state index contributed by atoms with van der Waals surface area (Å²) in [5.41, 5.74) is 0.797. The van der Waals surface area contributed by atoms with E-state index in [1.165, 1.54) is 0 Å². The third kappa shape index (κ3) is 4.03. The molecule has 5 nitrogen and oxygen atoms in total. The highest BCUT2D eigenvalue weighted by Gasteiger charge is 2.35. The van der Waals surface area contributed by atoms with Crippen LogP contribution in [0.2, 0.25) is 5.02 Å². The molecule has 0 bridgehead atoms. The van der Waals surface area contributed by atoms with Crippen LogP contribution in [0, 0.1) is 11.8 Å². The van der Waals surface area contributed by atoms with Gasteiger partial charge in [0.1, 0.15) is 0 Å². The molecule has 3 rings (SSSR count). The molecule has 2 heterocycles. The van der Waals surface area contributed by atoms with E-state index >= 15 is 0 Å². The van der Waals surface area contributed by atoms with Gasteiger partial charge in [-0.25, -0.2) is 0 Å². The number of nitrogens with zero attached hydrogens (tertiary/aromatic N) is 1. The fraction of sp³-hybridized carbons (Fsp3) is 0.529. The first-order valence-corrected chi connectivity index (χ1v) is 8.55. The SMILES string of the molecule is O=C(NCC1CCCNC1)C1CC(=O)N(c2ccc(Cl)cc2)C1. The molecule has 6 heteroatoms. The van der Waals surface area contributed by atoms with Gasteiger partial charge in [0.05, 0.1) is 5.92 Å². The van der Waals surface area contributed by atoms with Crippen molar-refractivity contribution in [2.75, 3.05) is 31.1 Å². The zero-order valence-corrected chi connectivity index (χ0v) is 13.8. The van der Waals surface area contributed by atoms with Gasteiger partial charge in [-0.05, 0) is 56.1 Å². The Hall–Kier alpha value is -1.59. The van der Waals surface area contributed by atoms with Crippen molar-refractivity contribution in [3.63, 3.8) is 0 Å². The maximum atomic E-state index is 12.3. The third-order valence-electron chi connectivity index (χ3n) is 4.60. The zero-order valence-electron chi connectivity index (χ0n) is 13.1. The second-order valence-corrected chi connectivity index (χ2v) is 6.78. The van der Waals surface area contributed by atoms with Gasteiger partial charge in [0.15, 0.2) is 0 Å². The van der Waals surface area contributed by atoms with Gasteiger partial charge in [-0.1, -0.05) is 11.6 Å². The summed E-state index contributed by atoms with van der Waals surface area (Å²) < 4.78 is 0. The average Bonchev–Trinajstić information content (AvgIpc) is 2.96. The van der Waals surface area contributed by atoms with Gasteiger partial charge in [-0.2, -0.15) is 0 Å². The average molecular weight is 336 g/mol. The van der Waals surface area contributed by atoms with Gasteiger partial charge >= 0.3 is 0 Å². The van der Waals surface area contributed by atoms with Crippen LogP contribution in [0.3, 0.4) is 0 Å². The number of benzene rings is 1. The maximum Gasteiger partial charge on any atom is 0.227 e. The molecule has 2 aliphatic rings. The summed E-state index contributed by atoms with van der Waals surface area (Å²) in [6.45, 7) is 3.16. The van der Waals surface area contributed by atoms with Crippen LogP contribution in [0.4, 0.5) is 5.69 Å². The van der Waals surface area contributed by atoms with E-state index in [0.717, 1.165) is 31.6 Å². The normalized spacial score (nSPS) is 24.7. The van der Waals surface area contributed by atoms with Gasteiger partial charge < -0.3 is 15.5 Å². The highest BCUT2D eigenvalue weighted by Crippen LogP contribution is 2.26. The van der Waals surface area contributed by atoms with E-state index in [-0.39, 0.29) is 24.2 Å². The molecule has 124 valence electrons. The number of hydrogen-bond acceptors (Lipinski definition) is 3. The highest BCUT2D eigenvalue weighted by atomic mass is 35.5. The van der Waals surface area contributed by atoms with Crippen LogP contribution in [-0.2, 0) is 9.59 Å². The summed E-state index contributed by atoms with van der Waals surface area (Å²) >= 11 is 5.88.